The summed E-state index contributed by atoms with van der Waals surface area (Å²) in [6.45, 7) is 2.90. The fourth-order valence-electron chi connectivity index (χ4n) is 2.34. The maximum Gasteiger partial charge on any atom is 0.308 e. The van der Waals surface area contributed by atoms with E-state index in [9.17, 15) is 9.59 Å². The molecule has 6 nitrogen and oxygen atoms in total. The summed E-state index contributed by atoms with van der Waals surface area (Å²) >= 11 is 0. The Hall–Kier alpha value is -2.76. The predicted octanol–water partition coefficient (Wildman–Crippen LogP) is 2.78. The minimum atomic E-state index is -0.539. The number of fused-ring (bicyclic) bond motifs is 2. The van der Waals surface area contributed by atoms with Crippen molar-refractivity contribution in [3.8, 4) is 11.5 Å². The zero-order valence-corrected chi connectivity index (χ0v) is 11.7. The monoisotopic (exact) mass is 288 g/mol. The van der Waals surface area contributed by atoms with E-state index < -0.39 is 5.97 Å². The molecule has 0 N–H and O–H groups in total. The lowest BCUT2D eigenvalue weighted by Crippen LogP contribution is -2.07. The zero-order valence-electron chi connectivity index (χ0n) is 11.7. The molecule has 0 saturated heterocycles. The average Bonchev–Trinajstić information content (AvgIpc) is 2.88. The molecule has 2 heterocycles. The van der Waals surface area contributed by atoms with Crippen LogP contribution in [0.2, 0.25) is 0 Å². The SMILES string of the molecule is COc1c2ccoc2c(OC(C)=O)c2oc(C)cc(=O)c12. The lowest BCUT2D eigenvalue weighted by molar-refractivity contribution is -0.131. The summed E-state index contributed by atoms with van der Waals surface area (Å²) in [5.74, 6) is 0.273. The number of carbonyl (C=O) groups excluding carboxylic acids is 1. The fourth-order valence-corrected chi connectivity index (χ4v) is 2.34. The maximum atomic E-state index is 12.3. The number of hydrogen-bond acceptors (Lipinski definition) is 6. The first-order chi connectivity index (χ1) is 10.0. The fraction of sp³-hybridized carbons (Fsp3) is 0.200. The van der Waals surface area contributed by atoms with Crippen LogP contribution in [-0.4, -0.2) is 13.1 Å². The van der Waals surface area contributed by atoms with E-state index in [-0.39, 0.29) is 22.1 Å². The summed E-state index contributed by atoms with van der Waals surface area (Å²) < 4.78 is 21.4. The molecule has 3 rings (SSSR count). The standard InChI is InChI=1S/C15H12O6/c1-7-6-10(17)11-12(18-3)9-4-5-19-13(9)15(14(11)20-7)21-8(2)16/h4-6H,1-3H3. The predicted molar refractivity (Wildman–Crippen MR) is 74.9 cm³/mol. The topological polar surface area (TPSA) is 78.9 Å². The summed E-state index contributed by atoms with van der Waals surface area (Å²) in [4.78, 5) is 23.6. The number of aryl methyl sites for hydroxylation is 1. The molecule has 2 aromatic heterocycles. The molecule has 0 radical (unpaired) electrons. The van der Waals surface area contributed by atoms with Gasteiger partial charge in [0, 0.05) is 13.0 Å². The number of esters is 1. The van der Waals surface area contributed by atoms with Crippen molar-refractivity contribution in [2.45, 2.75) is 13.8 Å². The first-order valence-electron chi connectivity index (χ1n) is 6.23. The lowest BCUT2D eigenvalue weighted by atomic mass is 10.1. The highest BCUT2D eigenvalue weighted by atomic mass is 16.5. The van der Waals surface area contributed by atoms with Crippen LogP contribution in [0.5, 0.6) is 11.5 Å². The number of methoxy groups -OCH3 is 1. The van der Waals surface area contributed by atoms with Crippen LogP contribution >= 0.6 is 0 Å². The molecule has 0 amide bonds. The van der Waals surface area contributed by atoms with Gasteiger partial charge in [-0.3, -0.25) is 9.59 Å². The number of furan rings is 1. The summed E-state index contributed by atoms with van der Waals surface area (Å²) in [5, 5.41) is 0.755. The Morgan fingerprint density at radius 1 is 1.24 bits per heavy atom. The minimum Gasteiger partial charge on any atom is -0.495 e. The Morgan fingerprint density at radius 3 is 2.67 bits per heavy atom. The van der Waals surface area contributed by atoms with Gasteiger partial charge in [-0.1, -0.05) is 0 Å². The van der Waals surface area contributed by atoms with Gasteiger partial charge in [-0.05, 0) is 13.0 Å². The van der Waals surface area contributed by atoms with Crippen molar-refractivity contribution in [3.63, 3.8) is 0 Å². The van der Waals surface area contributed by atoms with Gasteiger partial charge in [-0.2, -0.15) is 0 Å². The van der Waals surface area contributed by atoms with E-state index >= 15 is 0 Å². The minimum absolute atomic E-state index is 0.0825. The molecular formula is C15H12O6. The number of carbonyl (C=O) groups is 1. The molecule has 3 aromatic rings. The van der Waals surface area contributed by atoms with Crippen LogP contribution in [0.15, 0.2) is 32.0 Å². The Morgan fingerprint density at radius 2 is 2.00 bits per heavy atom. The second-order valence-corrected chi connectivity index (χ2v) is 4.54. The van der Waals surface area contributed by atoms with Crippen molar-refractivity contribution in [1.29, 1.82) is 0 Å². The van der Waals surface area contributed by atoms with E-state index in [2.05, 4.69) is 0 Å². The second kappa shape index (κ2) is 4.66. The Labute approximate surface area is 118 Å². The summed E-state index contributed by atoms with van der Waals surface area (Å²) in [5.41, 5.74) is 0.153. The summed E-state index contributed by atoms with van der Waals surface area (Å²) in [6.07, 6.45) is 1.43. The molecule has 108 valence electrons. The van der Waals surface area contributed by atoms with Crippen molar-refractivity contribution >= 4 is 27.9 Å². The number of ether oxygens (including phenoxy) is 2. The van der Waals surface area contributed by atoms with E-state index in [0.717, 1.165) is 0 Å². The molecule has 0 aliphatic rings. The normalized spacial score (nSPS) is 11.0. The third-order valence-corrected chi connectivity index (χ3v) is 3.07. The zero-order chi connectivity index (χ0) is 15.1. The highest BCUT2D eigenvalue weighted by molar-refractivity contribution is 6.07. The van der Waals surface area contributed by atoms with Crippen LogP contribution < -0.4 is 14.9 Å². The number of benzene rings is 1. The third kappa shape index (κ3) is 1.96. The molecule has 0 unspecified atom stereocenters. The molecule has 0 fully saturated rings. The lowest BCUT2D eigenvalue weighted by Gasteiger charge is -2.10. The van der Waals surface area contributed by atoms with Crippen LogP contribution in [-0.2, 0) is 4.79 Å². The van der Waals surface area contributed by atoms with Crippen LogP contribution in [0.25, 0.3) is 21.9 Å². The van der Waals surface area contributed by atoms with Crippen molar-refractivity contribution in [1.82, 2.24) is 0 Å². The first kappa shape index (κ1) is 13.2. The highest BCUT2D eigenvalue weighted by Crippen LogP contribution is 2.42. The molecular weight excluding hydrogens is 276 g/mol. The van der Waals surface area contributed by atoms with Gasteiger partial charge in [-0.15, -0.1) is 0 Å². The smallest absolute Gasteiger partial charge is 0.308 e. The molecule has 1 aromatic carbocycles. The van der Waals surface area contributed by atoms with Gasteiger partial charge in [0.25, 0.3) is 0 Å². The molecule has 21 heavy (non-hydrogen) atoms. The van der Waals surface area contributed by atoms with Crippen molar-refractivity contribution in [2.75, 3.05) is 7.11 Å². The van der Waals surface area contributed by atoms with Crippen molar-refractivity contribution < 1.29 is 23.1 Å². The average molecular weight is 288 g/mol. The van der Waals surface area contributed by atoms with E-state index in [4.69, 9.17) is 18.3 Å². The Kier molecular flexibility index (Phi) is 2.94. The van der Waals surface area contributed by atoms with Crippen LogP contribution in [0.3, 0.4) is 0 Å². The van der Waals surface area contributed by atoms with Gasteiger partial charge in [0.05, 0.1) is 18.8 Å². The Balaban J connectivity index is 2.59. The van der Waals surface area contributed by atoms with E-state index in [1.54, 1.807) is 13.0 Å². The van der Waals surface area contributed by atoms with E-state index in [0.29, 0.717) is 22.5 Å². The molecule has 0 bridgehead atoms. The van der Waals surface area contributed by atoms with Gasteiger partial charge >= 0.3 is 5.97 Å². The third-order valence-electron chi connectivity index (χ3n) is 3.07. The second-order valence-electron chi connectivity index (χ2n) is 4.54. The molecule has 0 atom stereocenters. The molecule has 6 heteroatoms. The van der Waals surface area contributed by atoms with Crippen LogP contribution in [0, 0.1) is 6.92 Å². The van der Waals surface area contributed by atoms with Crippen molar-refractivity contribution in [2.24, 2.45) is 0 Å². The Bertz CT molecular complexity index is 915. The van der Waals surface area contributed by atoms with Gasteiger partial charge < -0.3 is 18.3 Å². The van der Waals surface area contributed by atoms with Crippen LogP contribution in [0.1, 0.15) is 12.7 Å². The first-order valence-corrected chi connectivity index (χ1v) is 6.23. The largest absolute Gasteiger partial charge is 0.495 e. The van der Waals surface area contributed by atoms with Gasteiger partial charge in [0.15, 0.2) is 16.6 Å². The quantitative estimate of drug-likeness (QED) is 0.533. The number of hydrogen-bond donors (Lipinski definition) is 0. The molecule has 0 aliphatic carbocycles. The van der Waals surface area contributed by atoms with Gasteiger partial charge in [0.2, 0.25) is 5.75 Å². The van der Waals surface area contributed by atoms with Gasteiger partial charge in [-0.25, -0.2) is 0 Å². The highest BCUT2D eigenvalue weighted by Gasteiger charge is 2.23. The maximum absolute atomic E-state index is 12.3. The van der Waals surface area contributed by atoms with E-state index in [1.807, 2.05) is 0 Å². The summed E-state index contributed by atoms with van der Waals surface area (Å²) in [6, 6.07) is 2.99. The molecule has 0 aliphatic heterocycles. The molecule has 0 spiro atoms. The number of rotatable bonds is 2. The van der Waals surface area contributed by atoms with Gasteiger partial charge in [0.1, 0.15) is 16.9 Å². The van der Waals surface area contributed by atoms with Crippen LogP contribution in [0.4, 0.5) is 0 Å². The van der Waals surface area contributed by atoms with E-state index in [1.165, 1.54) is 26.4 Å². The van der Waals surface area contributed by atoms with Crippen molar-refractivity contribution in [3.05, 3.63) is 34.4 Å². The molecule has 0 saturated carbocycles. The summed E-state index contributed by atoms with van der Waals surface area (Å²) in [7, 11) is 1.45.